The third-order valence-corrected chi connectivity index (χ3v) is 2.65. The predicted octanol–water partition coefficient (Wildman–Crippen LogP) is 3.21. The van der Waals surface area contributed by atoms with Crippen molar-refractivity contribution in [3.05, 3.63) is 42.1 Å². The zero-order valence-corrected chi connectivity index (χ0v) is 10.8. The minimum absolute atomic E-state index is 0.767. The van der Waals surface area contributed by atoms with Crippen LogP contribution in [0.2, 0.25) is 0 Å². The number of hydrogen-bond donors (Lipinski definition) is 2. The number of aromatic nitrogens is 2. The Labute approximate surface area is 107 Å². The minimum Gasteiger partial charge on any atom is -0.388 e. The Morgan fingerprint density at radius 1 is 1.06 bits per heavy atom. The largest absolute Gasteiger partial charge is 0.388 e. The zero-order valence-electron chi connectivity index (χ0n) is 10.8. The van der Waals surface area contributed by atoms with E-state index >= 15 is 0 Å². The Bertz CT molecular complexity index is 493. The maximum Gasteiger partial charge on any atom is 0.153 e. The van der Waals surface area contributed by atoms with Crippen molar-refractivity contribution in [3.8, 4) is 0 Å². The molecule has 1 aromatic heterocycles. The molecule has 0 radical (unpaired) electrons. The molecule has 0 saturated heterocycles. The number of anilines is 3. The van der Waals surface area contributed by atoms with Crippen LogP contribution in [0, 0.1) is 0 Å². The number of nitrogens with one attached hydrogen (secondary N) is 2. The Hall–Kier alpha value is -2.10. The highest BCUT2D eigenvalue weighted by molar-refractivity contribution is 5.62. The van der Waals surface area contributed by atoms with Gasteiger partial charge in [-0.25, -0.2) is 0 Å². The summed E-state index contributed by atoms with van der Waals surface area (Å²) in [6.45, 7) is 2.14. The van der Waals surface area contributed by atoms with Crippen molar-refractivity contribution in [3.63, 3.8) is 0 Å². The first kappa shape index (κ1) is 12.4. The number of hydrogen-bond acceptors (Lipinski definition) is 4. The van der Waals surface area contributed by atoms with Crippen LogP contribution in [0.25, 0.3) is 0 Å². The van der Waals surface area contributed by atoms with Gasteiger partial charge in [0, 0.05) is 18.4 Å². The number of aryl methyl sites for hydroxylation is 1. The second kappa shape index (κ2) is 6.00. The molecule has 4 nitrogen and oxygen atoms in total. The van der Waals surface area contributed by atoms with E-state index < -0.39 is 0 Å². The lowest BCUT2D eigenvalue weighted by Gasteiger charge is -2.07. The van der Waals surface area contributed by atoms with Gasteiger partial charge in [0.25, 0.3) is 0 Å². The lowest BCUT2D eigenvalue weighted by atomic mass is 10.2. The van der Waals surface area contributed by atoms with E-state index in [0.29, 0.717) is 0 Å². The molecule has 0 fully saturated rings. The summed E-state index contributed by atoms with van der Waals surface area (Å²) in [7, 11) is 1.90. The van der Waals surface area contributed by atoms with Crippen LogP contribution in [0.5, 0.6) is 0 Å². The second-order valence-corrected chi connectivity index (χ2v) is 4.12. The predicted molar refractivity (Wildman–Crippen MR) is 75.3 cm³/mol. The van der Waals surface area contributed by atoms with Gasteiger partial charge >= 0.3 is 0 Å². The van der Waals surface area contributed by atoms with Crippen molar-refractivity contribution in [1.29, 1.82) is 0 Å². The van der Waals surface area contributed by atoms with Gasteiger partial charge in [-0.2, -0.15) is 5.10 Å². The topological polar surface area (TPSA) is 49.8 Å². The molecule has 2 N–H and O–H groups in total. The molecule has 0 bridgehead atoms. The van der Waals surface area contributed by atoms with Crippen LogP contribution in [0.15, 0.2) is 36.4 Å². The molecule has 0 atom stereocenters. The van der Waals surface area contributed by atoms with Crippen LogP contribution in [0.1, 0.15) is 19.0 Å². The lowest BCUT2D eigenvalue weighted by molar-refractivity contribution is 0.841. The molecule has 0 aliphatic heterocycles. The van der Waals surface area contributed by atoms with E-state index in [2.05, 4.69) is 27.8 Å². The zero-order chi connectivity index (χ0) is 12.8. The van der Waals surface area contributed by atoms with Crippen LogP contribution < -0.4 is 10.6 Å². The van der Waals surface area contributed by atoms with Crippen LogP contribution in [-0.4, -0.2) is 17.2 Å². The molecule has 0 aliphatic rings. The smallest absolute Gasteiger partial charge is 0.153 e. The average Bonchev–Trinajstić information content (AvgIpc) is 2.42. The Balaban J connectivity index is 2.08. The first-order chi connectivity index (χ1) is 8.81. The Kier molecular flexibility index (Phi) is 4.12. The summed E-state index contributed by atoms with van der Waals surface area (Å²) < 4.78 is 0. The molecule has 0 spiro atoms. The second-order valence-electron chi connectivity index (χ2n) is 4.12. The van der Waals surface area contributed by atoms with Gasteiger partial charge in [0.1, 0.15) is 0 Å². The number of rotatable bonds is 5. The highest BCUT2D eigenvalue weighted by Gasteiger charge is 1.99. The van der Waals surface area contributed by atoms with Gasteiger partial charge in [0.15, 0.2) is 5.82 Å². The molecule has 18 heavy (non-hydrogen) atoms. The SMILES string of the molecule is CCCc1ccc(Nc2cccc(NC)c2)nn1. The molecule has 0 amide bonds. The van der Waals surface area contributed by atoms with Gasteiger partial charge in [-0.3, -0.25) is 0 Å². The molecule has 0 saturated carbocycles. The van der Waals surface area contributed by atoms with Crippen molar-refractivity contribution in [1.82, 2.24) is 10.2 Å². The summed E-state index contributed by atoms with van der Waals surface area (Å²) in [4.78, 5) is 0. The molecular weight excluding hydrogens is 224 g/mol. The first-order valence-electron chi connectivity index (χ1n) is 6.19. The third kappa shape index (κ3) is 3.20. The standard InChI is InChI=1S/C14H18N4/c1-3-5-11-8-9-14(18-17-11)16-13-7-4-6-12(10-13)15-2/h4,6-10,15H,3,5H2,1-2H3,(H,16,18). The molecule has 1 heterocycles. The summed E-state index contributed by atoms with van der Waals surface area (Å²) in [5, 5.41) is 14.7. The van der Waals surface area contributed by atoms with E-state index in [0.717, 1.165) is 35.7 Å². The first-order valence-corrected chi connectivity index (χ1v) is 6.19. The van der Waals surface area contributed by atoms with Gasteiger partial charge in [-0.1, -0.05) is 19.4 Å². The number of nitrogens with zero attached hydrogens (tertiary/aromatic N) is 2. The molecule has 2 rings (SSSR count). The van der Waals surface area contributed by atoms with E-state index in [-0.39, 0.29) is 0 Å². The average molecular weight is 242 g/mol. The fraction of sp³-hybridized carbons (Fsp3) is 0.286. The molecular formula is C14H18N4. The molecule has 2 aromatic rings. The summed E-state index contributed by atoms with van der Waals surface area (Å²) in [5.74, 6) is 0.767. The maximum atomic E-state index is 4.18. The van der Waals surface area contributed by atoms with E-state index in [4.69, 9.17) is 0 Å². The summed E-state index contributed by atoms with van der Waals surface area (Å²) in [6, 6.07) is 12.0. The van der Waals surface area contributed by atoms with E-state index in [9.17, 15) is 0 Å². The summed E-state index contributed by atoms with van der Waals surface area (Å²) in [6.07, 6.45) is 2.06. The fourth-order valence-corrected chi connectivity index (χ4v) is 1.72. The quantitative estimate of drug-likeness (QED) is 0.845. The van der Waals surface area contributed by atoms with Gasteiger partial charge in [0.05, 0.1) is 5.69 Å². The van der Waals surface area contributed by atoms with Crippen molar-refractivity contribution >= 4 is 17.2 Å². The van der Waals surface area contributed by atoms with Crippen LogP contribution in [0.3, 0.4) is 0 Å². The Morgan fingerprint density at radius 3 is 2.56 bits per heavy atom. The number of benzene rings is 1. The highest BCUT2D eigenvalue weighted by Crippen LogP contribution is 2.18. The fourth-order valence-electron chi connectivity index (χ4n) is 1.72. The van der Waals surface area contributed by atoms with Gasteiger partial charge < -0.3 is 10.6 Å². The van der Waals surface area contributed by atoms with E-state index in [1.807, 2.05) is 43.4 Å². The molecule has 4 heteroatoms. The Morgan fingerprint density at radius 2 is 1.89 bits per heavy atom. The minimum atomic E-state index is 0.767. The normalized spacial score (nSPS) is 10.1. The van der Waals surface area contributed by atoms with Crippen molar-refractivity contribution < 1.29 is 0 Å². The highest BCUT2D eigenvalue weighted by atomic mass is 15.2. The molecule has 0 aliphatic carbocycles. The third-order valence-electron chi connectivity index (χ3n) is 2.65. The molecule has 94 valence electrons. The van der Waals surface area contributed by atoms with E-state index in [1.54, 1.807) is 0 Å². The van der Waals surface area contributed by atoms with Crippen LogP contribution in [-0.2, 0) is 6.42 Å². The monoisotopic (exact) mass is 242 g/mol. The summed E-state index contributed by atoms with van der Waals surface area (Å²) >= 11 is 0. The van der Waals surface area contributed by atoms with Gasteiger partial charge in [0.2, 0.25) is 0 Å². The van der Waals surface area contributed by atoms with Crippen molar-refractivity contribution in [2.75, 3.05) is 17.7 Å². The molecule has 0 unspecified atom stereocenters. The van der Waals surface area contributed by atoms with Crippen molar-refractivity contribution in [2.24, 2.45) is 0 Å². The van der Waals surface area contributed by atoms with Crippen molar-refractivity contribution in [2.45, 2.75) is 19.8 Å². The van der Waals surface area contributed by atoms with Gasteiger partial charge in [-0.15, -0.1) is 5.10 Å². The maximum absolute atomic E-state index is 4.18. The molecule has 1 aromatic carbocycles. The van der Waals surface area contributed by atoms with Crippen LogP contribution in [0.4, 0.5) is 17.2 Å². The van der Waals surface area contributed by atoms with Crippen LogP contribution >= 0.6 is 0 Å². The summed E-state index contributed by atoms with van der Waals surface area (Å²) in [5.41, 5.74) is 3.10. The van der Waals surface area contributed by atoms with Gasteiger partial charge in [-0.05, 0) is 36.8 Å². The lowest BCUT2D eigenvalue weighted by Crippen LogP contribution is -1.98. The van der Waals surface area contributed by atoms with E-state index in [1.165, 1.54) is 0 Å².